The van der Waals surface area contributed by atoms with Crippen LogP contribution >= 0.6 is 0 Å². The minimum absolute atomic E-state index is 0.0297. The number of carbonyl (C=O) groups is 2. The van der Waals surface area contributed by atoms with Gasteiger partial charge in [0.1, 0.15) is 0 Å². The van der Waals surface area contributed by atoms with Crippen molar-refractivity contribution < 1.29 is 14.7 Å². The van der Waals surface area contributed by atoms with Crippen LogP contribution in [0.4, 0.5) is 0 Å². The van der Waals surface area contributed by atoms with Crippen LogP contribution in [-0.2, 0) is 16.0 Å². The van der Waals surface area contributed by atoms with Crippen molar-refractivity contribution in [1.29, 1.82) is 0 Å². The number of carbonyl (C=O) groups excluding carboxylic acids is 1. The molecule has 0 aromatic heterocycles. The van der Waals surface area contributed by atoms with E-state index in [2.05, 4.69) is 30.3 Å². The van der Waals surface area contributed by atoms with Crippen molar-refractivity contribution in [3.05, 3.63) is 48.0 Å². The van der Waals surface area contributed by atoms with Crippen molar-refractivity contribution in [2.75, 3.05) is 13.1 Å². The molecule has 0 unspecified atom stereocenters. The van der Waals surface area contributed by atoms with E-state index >= 15 is 0 Å². The highest BCUT2D eigenvalue weighted by Crippen LogP contribution is 2.46. The molecule has 26 heavy (non-hydrogen) atoms. The maximum atomic E-state index is 13.2. The Hall–Kier alpha value is -2.10. The predicted molar refractivity (Wildman–Crippen MR) is 99.4 cm³/mol. The summed E-state index contributed by atoms with van der Waals surface area (Å²) in [5.74, 6) is -0.872. The number of hydrogen-bond acceptors (Lipinski definition) is 2. The molecule has 1 saturated carbocycles. The number of amides is 1. The molecule has 4 aliphatic rings. The molecule has 4 heteroatoms. The number of piperidine rings is 1. The van der Waals surface area contributed by atoms with Gasteiger partial charge in [-0.05, 0) is 55.4 Å². The van der Waals surface area contributed by atoms with E-state index in [9.17, 15) is 14.7 Å². The Kier molecular flexibility index (Phi) is 4.84. The highest BCUT2D eigenvalue weighted by Gasteiger charge is 2.49. The van der Waals surface area contributed by atoms with Gasteiger partial charge < -0.3 is 10.0 Å². The Morgan fingerprint density at radius 3 is 2.12 bits per heavy atom. The van der Waals surface area contributed by atoms with Gasteiger partial charge in [-0.2, -0.15) is 0 Å². The molecule has 138 valence electrons. The van der Waals surface area contributed by atoms with Crippen LogP contribution in [-0.4, -0.2) is 35.0 Å². The number of likely N-dealkylation sites (tertiary alicyclic amines) is 1. The van der Waals surface area contributed by atoms with E-state index in [1.165, 1.54) is 5.56 Å². The number of aliphatic carboxylic acids is 1. The lowest BCUT2D eigenvalue weighted by atomic mass is 9.61. The van der Waals surface area contributed by atoms with Crippen molar-refractivity contribution in [3.63, 3.8) is 0 Å². The van der Waals surface area contributed by atoms with Crippen LogP contribution in [0.25, 0.3) is 0 Å². The van der Waals surface area contributed by atoms with Crippen LogP contribution in [0.15, 0.2) is 42.5 Å². The van der Waals surface area contributed by atoms with Crippen molar-refractivity contribution in [3.8, 4) is 0 Å². The predicted octanol–water partition coefficient (Wildman–Crippen LogP) is 3.38. The molecule has 1 aromatic carbocycles. The van der Waals surface area contributed by atoms with Gasteiger partial charge in [-0.25, -0.2) is 0 Å². The summed E-state index contributed by atoms with van der Waals surface area (Å²) in [7, 11) is 0. The Morgan fingerprint density at radius 1 is 0.923 bits per heavy atom. The van der Waals surface area contributed by atoms with Gasteiger partial charge in [-0.3, -0.25) is 9.59 Å². The molecule has 4 nitrogen and oxygen atoms in total. The number of allylic oxidation sites excluding steroid dienone is 2. The smallest absolute Gasteiger partial charge is 0.307 e. The van der Waals surface area contributed by atoms with Crippen LogP contribution in [0, 0.1) is 29.6 Å². The first kappa shape index (κ1) is 17.3. The van der Waals surface area contributed by atoms with E-state index in [4.69, 9.17) is 0 Å². The maximum absolute atomic E-state index is 13.2. The summed E-state index contributed by atoms with van der Waals surface area (Å²) in [4.78, 5) is 26.9. The second-order valence-corrected chi connectivity index (χ2v) is 8.14. The van der Waals surface area contributed by atoms with Crippen LogP contribution < -0.4 is 0 Å². The summed E-state index contributed by atoms with van der Waals surface area (Å²) in [6, 6.07) is 10.5. The Balaban J connectivity index is 1.39. The van der Waals surface area contributed by atoms with Crippen molar-refractivity contribution >= 4 is 11.9 Å². The fraction of sp³-hybridized carbons (Fsp3) is 0.545. The quantitative estimate of drug-likeness (QED) is 0.844. The zero-order valence-corrected chi connectivity index (χ0v) is 15.1. The van der Waals surface area contributed by atoms with E-state index < -0.39 is 11.9 Å². The number of carboxylic acid groups (broad SMARTS) is 1. The van der Waals surface area contributed by atoms with E-state index in [-0.39, 0.29) is 23.7 Å². The molecule has 1 amide bonds. The molecular weight excluding hydrogens is 326 g/mol. The molecule has 1 aliphatic heterocycles. The minimum Gasteiger partial charge on any atom is -0.481 e. The van der Waals surface area contributed by atoms with Gasteiger partial charge in [-0.15, -0.1) is 0 Å². The molecule has 4 atom stereocenters. The molecule has 3 aliphatic carbocycles. The summed E-state index contributed by atoms with van der Waals surface area (Å²) >= 11 is 0. The van der Waals surface area contributed by atoms with Crippen LogP contribution in [0.1, 0.15) is 31.2 Å². The van der Waals surface area contributed by atoms with E-state index in [0.717, 1.165) is 45.2 Å². The first-order valence-corrected chi connectivity index (χ1v) is 9.87. The first-order chi connectivity index (χ1) is 12.6. The fourth-order valence-corrected chi connectivity index (χ4v) is 5.18. The number of nitrogens with zero attached hydrogens (tertiary/aromatic N) is 1. The topological polar surface area (TPSA) is 57.6 Å². The summed E-state index contributed by atoms with van der Waals surface area (Å²) < 4.78 is 0. The fourth-order valence-electron chi connectivity index (χ4n) is 5.18. The molecule has 1 N–H and O–H groups in total. The SMILES string of the molecule is O=C(O)[C@@H]1[C@@H](C(=O)N2CCC(Cc3ccccc3)CC2)[C@@H]2C=C[C@H]1CC2. The monoisotopic (exact) mass is 353 g/mol. The van der Waals surface area contributed by atoms with Gasteiger partial charge in [-0.1, -0.05) is 42.5 Å². The molecule has 5 rings (SSSR count). The zero-order valence-electron chi connectivity index (χ0n) is 15.1. The largest absolute Gasteiger partial charge is 0.481 e. The average Bonchev–Trinajstić information content (AvgIpc) is 2.69. The van der Waals surface area contributed by atoms with Gasteiger partial charge >= 0.3 is 5.97 Å². The van der Waals surface area contributed by atoms with Gasteiger partial charge in [0.15, 0.2) is 0 Å². The van der Waals surface area contributed by atoms with E-state index in [1.54, 1.807) is 0 Å². The summed E-state index contributed by atoms with van der Waals surface area (Å²) in [5.41, 5.74) is 1.36. The highest BCUT2D eigenvalue weighted by molar-refractivity contribution is 5.86. The molecule has 1 saturated heterocycles. The van der Waals surface area contributed by atoms with Gasteiger partial charge in [0, 0.05) is 13.1 Å². The first-order valence-electron chi connectivity index (χ1n) is 9.87. The third-order valence-electron chi connectivity index (χ3n) is 6.61. The number of rotatable bonds is 4. The number of hydrogen-bond donors (Lipinski definition) is 1. The maximum Gasteiger partial charge on any atom is 0.307 e. The lowest BCUT2D eigenvalue weighted by molar-refractivity contribution is -0.157. The van der Waals surface area contributed by atoms with E-state index in [1.807, 2.05) is 17.0 Å². The zero-order chi connectivity index (χ0) is 18.1. The van der Waals surface area contributed by atoms with Gasteiger partial charge in [0.25, 0.3) is 0 Å². The normalized spacial score (nSPS) is 31.2. The molecule has 2 bridgehead atoms. The second-order valence-electron chi connectivity index (χ2n) is 8.14. The van der Waals surface area contributed by atoms with Crippen LogP contribution in [0.3, 0.4) is 0 Å². The molecule has 1 heterocycles. The summed E-state index contributed by atoms with van der Waals surface area (Å²) in [5, 5.41) is 9.68. The Morgan fingerprint density at radius 2 is 1.54 bits per heavy atom. The second kappa shape index (κ2) is 7.26. The minimum atomic E-state index is -0.804. The molecule has 0 radical (unpaired) electrons. The molecule has 1 aromatic rings. The Bertz CT molecular complexity index is 691. The van der Waals surface area contributed by atoms with Gasteiger partial charge in [0.2, 0.25) is 5.91 Å². The average molecular weight is 353 g/mol. The molecule has 0 spiro atoms. The Labute approximate surface area is 154 Å². The number of carboxylic acids is 1. The van der Waals surface area contributed by atoms with Crippen LogP contribution in [0.5, 0.6) is 0 Å². The van der Waals surface area contributed by atoms with Crippen molar-refractivity contribution in [2.24, 2.45) is 29.6 Å². The molecular formula is C22H27NO3. The lowest BCUT2D eigenvalue weighted by Gasteiger charge is -2.44. The third-order valence-corrected chi connectivity index (χ3v) is 6.61. The third kappa shape index (κ3) is 3.29. The summed E-state index contributed by atoms with van der Waals surface area (Å²) in [6.45, 7) is 1.53. The number of benzene rings is 1. The number of fused-ring (bicyclic) bond motifs is 2. The lowest BCUT2D eigenvalue weighted by Crippen LogP contribution is -2.51. The summed E-state index contributed by atoms with van der Waals surface area (Å²) in [6.07, 6.45) is 9.07. The molecule has 2 fully saturated rings. The standard InChI is InChI=1S/C22H27NO3/c24-21(19-17-6-8-18(9-7-17)20(19)22(25)26)23-12-10-16(11-13-23)14-15-4-2-1-3-5-15/h1-6,8,16-20H,7,9-14H2,(H,25,26)/t17-,18+,19+,20+/m1/s1. The van der Waals surface area contributed by atoms with Crippen molar-refractivity contribution in [2.45, 2.75) is 32.1 Å². The van der Waals surface area contributed by atoms with Gasteiger partial charge in [0.05, 0.1) is 11.8 Å². The van der Waals surface area contributed by atoms with Crippen molar-refractivity contribution in [1.82, 2.24) is 4.90 Å². The highest BCUT2D eigenvalue weighted by atomic mass is 16.4. The van der Waals surface area contributed by atoms with E-state index in [0.29, 0.717) is 5.92 Å². The van der Waals surface area contributed by atoms with Crippen LogP contribution in [0.2, 0.25) is 0 Å².